The number of nitrogens with one attached hydrogen (secondary N) is 1. The standard InChI is InChI=1S/C24H21ClN2O3/c1-4-9-18-13-17(15-22(29-6-3)23(18)30-12-5-2)14-19(16-26)24(28)27-21-11-8-7-10-20(21)25/h2,4,7-8,10-11,13-15H,1,6,9,12H2,3H3,(H,27,28)/b19-14+. The van der Waals surface area contributed by atoms with Crippen LogP contribution in [0.3, 0.4) is 0 Å². The van der Waals surface area contributed by atoms with Crippen molar-refractivity contribution in [1.29, 1.82) is 5.26 Å². The Bertz CT molecular complexity index is 1050. The van der Waals surface area contributed by atoms with E-state index in [0.29, 0.717) is 40.8 Å². The molecule has 152 valence electrons. The SMILES string of the molecule is C#CCOc1c(CC=C)cc(/C=C(\C#N)C(=O)Nc2ccccc2Cl)cc1OCC. The summed E-state index contributed by atoms with van der Waals surface area (Å²) in [5.41, 5.74) is 1.72. The van der Waals surface area contributed by atoms with Crippen LogP contribution in [0.15, 0.2) is 54.6 Å². The molecule has 2 rings (SSSR count). The number of halogens is 1. The number of benzene rings is 2. The second kappa shape index (κ2) is 11.4. The molecule has 0 spiro atoms. The van der Waals surface area contributed by atoms with Crippen LogP contribution in [-0.2, 0) is 11.2 Å². The fourth-order valence-corrected chi connectivity index (χ4v) is 2.86. The highest BCUT2D eigenvalue weighted by atomic mass is 35.5. The first kappa shape index (κ1) is 22.6. The number of ether oxygens (including phenoxy) is 2. The van der Waals surface area contributed by atoms with Crippen LogP contribution in [-0.4, -0.2) is 19.1 Å². The van der Waals surface area contributed by atoms with Crippen molar-refractivity contribution < 1.29 is 14.3 Å². The molecule has 30 heavy (non-hydrogen) atoms. The highest BCUT2D eigenvalue weighted by molar-refractivity contribution is 6.34. The van der Waals surface area contributed by atoms with E-state index in [1.54, 1.807) is 42.5 Å². The molecule has 0 radical (unpaired) electrons. The third-order valence-electron chi connectivity index (χ3n) is 3.92. The number of terminal acetylenes is 1. The summed E-state index contributed by atoms with van der Waals surface area (Å²) in [6.45, 7) is 6.10. The molecule has 5 nitrogen and oxygen atoms in total. The van der Waals surface area contributed by atoms with Gasteiger partial charge in [-0.1, -0.05) is 35.7 Å². The lowest BCUT2D eigenvalue weighted by molar-refractivity contribution is -0.112. The molecule has 0 unspecified atom stereocenters. The summed E-state index contributed by atoms with van der Waals surface area (Å²) in [4.78, 5) is 12.6. The highest BCUT2D eigenvalue weighted by Crippen LogP contribution is 2.34. The van der Waals surface area contributed by atoms with E-state index in [1.807, 2.05) is 13.0 Å². The van der Waals surface area contributed by atoms with Crippen LogP contribution in [0.1, 0.15) is 18.1 Å². The monoisotopic (exact) mass is 420 g/mol. The van der Waals surface area contributed by atoms with E-state index < -0.39 is 5.91 Å². The zero-order valence-electron chi connectivity index (χ0n) is 16.6. The second-order valence-electron chi connectivity index (χ2n) is 6.03. The first-order valence-electron chi connectivity index (χ1n) is 9.18. The van der Waals surface area contributed by atoms with Crippen LogP contribution < -0.4 is 14.8 Å². The van der Waals surface area contributed by atoms with E-state index in [2.05, 4.69) is 17.8 Å². The zero-order valence-corrected chi connectivity index (χ0v) is 17.3. The number of amides is 1. The average molecular weight is 421 g/mol. The summed E-state index contributed by atoms with van der Waals surface area (Å²) >= 11 is 6.08. The number of anilines is 1. The Hall–Kier alpha value is -3.67. The maximum Gasteiger partial charge on any atom is 0.266 e. The molecule has 6 heteroatoms. The average Bonchev–Trinajstić information content (AvgIpc) is 2.73. The topological polar surface area (TPSA) is 71.3 Å². The Labute approximate surface area is 181 Å². The second-order valence-corrected chi connectivity index (χ2v) is 6.44. The maximum absolute atomic E-state index is 12.6. The number of hydrogen-bond acceptors (Lipinski definition) is 4. The van der Waals surface area contributed by atoms with Crippen molar-refractivity contribution in [2.45, 2.75) is 13.3 Å². The van der Waals surface area contributed by atoms with Gasteiger partial charge in [0.1, 0.15) is 18.2 Å². The molecule has 0 bridgehead atoms. The molecule has 0 fully saturated rings. The Balaban J connectivity index is 2.44. The Kier molecular flexibility index (Phi) is 8.56. The summed E-state index contributed by atoms with van der Waals surface area (Å²) < 4.78 is 11.4. The number of allylic oxidation sites excluding steroid dienone is 1. The summed E-state index contributed by atoms with van der Waals surface area (Å²) in [6.07, 6.45) is 9.00. The Morgan fingerprint density at radius 2 is 2.10 bits per heavy atom. The van der Waals surface area contributed by atoms with Crippen LogP contribution in [0, 0.1) is 23.7 Å². The highest BCUT2D eigenvalue weighted by Gasteiger charge is 2.15. The summed E-state index contributed by atoms with van der Waals surface area (Å²) in [5, 5.41) is 12.5. The quantitative estimate of drug-likeness (QED) is 0.267. The normalized spacial score (nSPS) is 10.5. The number of carbonyl (C=O) groups excluding carboxylic acids is 1. The lowest BCUT2D eigenvalue weighted by Gasteiger charge is -2.15. The van der Waals surface area contributed by atoms with Crippen molar-refractivity contribution in [3.05, 3.63) is 70.8 Å². The fraction of sp³-hybridized carbons (Fsp3) is 0.167. The predicted molar refractivity (Wildman–Crippen MR) is 120 cm³/mol. The van der Waals surface area contributed by atoms with Crippen LogP contribution in [0.25, 0.3) is 6.08 Å². The molecule has 0 aliphatic heterocycles. The molecule has 2 aromatic carbocycles. The van der Waals surface area contributed by atoms with Gasteiger partial charge in [0.25, 0.3) is 5.91 Å². The van der Waals surface area contributed by atoms with Gasteiger partial charge in [0.2, 0.25) is 0 Å². The number of rotatable bonds is 9. The molecule has 1 amide bonds. The van der Waals surface area contributed by atoms with Crippen molar-refractivity contribution in [2.75, 3.05) is 18.5 Å². The largest absolute Gasteiger partial charge is 0.490 e. The van der Waals surface area contributed by atoms with Crippen LogP contribution in [0.4, 0.5) is 5.69 Å². The zero-order chi connectivity index (χ0) is 21.9. The molecular weight excluding hydrogens is 400 g/mol. The molecule has 1 N–H and O–H groups in total. The van der Waals surface area contributed by atoms with Gasteiger partial charge in [-0.05, 0) is 49.2 Å². The van der Waals surface area contributed by atoms with Gasteiger partial charge in [0, 0.05) is 5.56 Å². The number of hydrogen-bond donors (Lipinski definition) is 1. The van der Waals surface area contributed by atoms with Crippen LogP contribution in [0.2, 0.25) is 5.02 Å². The summed E-state index contributed by atoms with van der Waals surface area (Å²) in [5.74, 6) is 2.86. The van der Waals surface area contributed by atoms with Crippen molar-refractivity contribution in [3.8, 4) is 29.9 Å². The van der Waals surface area contributed by atoms with Crippen molar-refractivity contribution in [3.63, 3.8) is 0 Å². The minimum atomic E-state index is -0.568. The third-order valence-corrected chi connectivity index (χ3v) is 4.25. The minimum absolute atomic E-state index is 0.0841. The number of nitrogens with zero attached hydrogens (tertiary/aromatic N) is 1. The molecule has 0 aliphatic carbocycles. The van der Waals surface area contributed by atoms with Gasteiger partial charge in [0.05, 0.1) is 17.3 Å². The molecular formula is C24H21ClN2O3. The van der Waals surface area contributed by atoms with Gasteiger partial charge >= 0.3 is 0 Å². The van der Waals surface area contributed by atoms with Gasteiger partial charge < -0.3 is 14.8 Å². The van der Waals surface area contributed by atoms with Gasteiger partial charge in [-0.2, -0.15) is 5.26 Å². The van der Waals surface area contributed by atoms with E-state index in [9.17, 15) is 10.1 Å². The molecule has 0 heterocycles. The van der Waals surface area contributed by atoms with Gasteiger partial charge in [-0.3, -0.25) is 4.79 Å². The minimum Gasteiger partial charge on any atom is -0.490 e. The lowest BCUT2D eigenvalue weighted by Crippen LogP contribution is -2.13. The molecule has 0 atom stereocenters. The number of para-hydroxylation sites is 1. The van der Waals surface area contributed by atoms with Crippen molar-refractivity contribution in [2.24, 2.45) is 0 Å². The van der Waals surface area contributed by atoms with E-state index in [4.69, 9.17) is 27.5 Å². The van der Waals surface area contributed by atoms with Gasteiger partial charge in [-0.25, -0.2) is 0 Å². The van der Waals surface area contributed by atoms with Crippen LogP contribution >= 0.6 is 11.6 Å². The smallest absolute Gasteiger partial charge is 0.266 e. The summed E-state index contributed by atoms with van der Waals surface area (Å²) in [7, 11) is 0. The van der Waals surface area contributed by atoms with E-state index in [0.717, 1.165) is 5.56 Å². The number of carbonyl (C=O) groups is 1. The van der Waals surface area contributed by atoms with E-state index in [-0.39, 0.29) is 12.2 Å². The number of nitriles is 1. The Morgan fingerprint density at radius 3 is 2.73 bits per heavy atom. The van der Waals surface area contributed by atoms with Crippen molar-refractivity contribution in [1.82, 2.24) is 0 Å². The molecule has 0 aromatic heterocycles. The molecule has 0 saturated heterocycles. The molecule has 0 aliphatic rings. The first-order valence-corrected chi connectivity index (χ1v) is 9.56. The van der Waals surface area contributed by atoms with Gasteiger partial charge in [0.15, 0.2) is 11.5 Å². The van der Waals surface area contributed by atoms with Gasteiger partial charge in [-0.15, -0.1) is 13.0 Å². The van der Waals surface area contributed by atoms with E-state index in [1.165, 1.54) is 6.08 Å². The van der Waals surface area contributed by atoms with Crippen molar-refractivity contribution >= 4 is 29.3 Å². The first-order chi connectivity index (χ1) is 14.5. The summed E-state index contributed by atoms with van der Waals surface area (Å²) in [6, 6.07) is 12.2. The van der Waals surface area contributed by atoms with E-state index >= 15 is 0 Å². The lowest BCUT2D eigenvalue weighted by atomic mass is 10.0. The fourth-order valence-electron chi connectivity index (χ4n) is 2.68. The van der Waals surface area contributed by atoms with Crippen LogP contribution in [0.5, 0.6) is 11.5 Å². The Morgan fingerprint density at radius 1 is 1.33 bits per heavy atom. The maximum atomic E-state index is 12.6. The molecule has 0 saturated carbocycles. The predicted octanol–water partition coefficient (Wildman–Crippen LogP) is 5.02. The third kappa shape index (κ3) is 5.91. The molecule has 2 aromatic rings.